The predicted molar refractivity (Wildman–Crippen MR) is 88.9 cm³/mol. The lowest BCUT2D eigenvalue weighted by atomic mass is 10.1. The molecule has 7 nitrogen and oxygen atoms in total. The minimum absolute atomic E-state index is 0.0460. The van der Waals surface area contributed by atoms with E-state index < -0.39 is 5.60 Å². The van der Waals surface area contributed by atoms with Crippen molar-refractivity contribution in [3.05, 3.63) is 16.7 Å². The number of nitrogens with one attached hydrogen (secondary N) is 2. The Balaban J connectivity index is 1.85. The first-order valence-electron chi connectivity index (χ1n) is 7.70. The summed E-state index contributed by atoms with van der Waals surface area (Å²) in [7, 11) is 1.75. The largest absolute Gasteiger partial charge is 0.444 e. The molecule has 1 aromatic heterocycles. The van der Waals surface area contributed by atoms with Crippen LogP contribution in [0.2, 0.25) is 0 Å². The van der Waals surface area contributed by atoms with Gasteiger partial charge in [-0.25, -0.2) is 4.79 Å². The fraction of sp³-hybridized carbons (Fsp3) is 0.667. The summed E-state index contributed by atoms with van der Waals surface area (Å²) in [4.78, 5) is 28.8. The molecule has 0 saturated carbocycles. The summed E-state index contributed by atoms with van der Waals surface area (Å²) in [5, 5.41) is 2.99. The topological polar surface area (TPSA) is 79.4 Å². The van der Waals surface area contributed by atoms with Crippen LogP contribution in [0.25, 0.3) is 0 Å². The lowest BCUT2D eigenvalue weighted by molar-refractivity contribution is 0.0199. The molecule has 0 unspecified atom stereocenters. The first-order chi connectivity index (χ1) is 10.7. The molecule has 2 heterocycles. The van der Waals surface area contributed by atoms with E-state index >= 15 is 0 Å². The van der Waals surface area contributed by atoms with E-state index in [9.17, 15) is 9.59 Å². The maximum atomic E-state index is 12.2. The van der Waals surface area contributed by atoms with Gasteiger partial charge in [0.1, 0.15) is 11.3 Å². The van der Waals surface area contributed by atoms with Gasteiger partial charge in [0.2, 0.25) is 0 Å². The van der Waals surface area contributed by atoms with Gasteiger partial charge >= 0.3 is 6.09 Å². The Bertz CT molecular complexity index is 636. The number of aromatic amines is 1. The van der Waals surface area contributed by atoms with Gasteiger partial charge in [-0.1, -0.05) is 0 Å². The van der Waals surface area contributed by atoms with Crippen LogP contribution in [0.15, 0.2) is 6.20 Å². The Hall–Kier alpha value is -1.83. The Kier molecular flexibility index (Phi) is 5.13. The summed E-state index contributed by atoms with van der Waals surface area (Å²) < 4.78 is 7.51. The third-order valence-corrected chi connectivity index (χ3v) is 4.10. The highest BCUT2D eigenvalue weighted by Crippen LogP contribution is 2.16. The van der Waals surface area contributed by atoms with Crippen LogP contribution in [-0.4, -0.2) is 51.2 Å². The minimum Gasteiger partial charge on any atom is -0.444 e. The number of carbonyl (C=O) groups excluding carboxylic acids is 2. The number of hydrogen-bond acceptors (Lipinski definition) is 4. The molecule has 0 aliphatic carbocycles. The Morgan fingerprint density at radius 2 is 1.96 bits per heavy atom. The summed E-state index contributed by atoms with van der Waals surface area (Å²) in [6.45, 7) is 6.70. The van der Waals surface area contributed by atoms with E-state index in [4.69, 9.17) is 17.0 Å². The summed E-state index contributed by atoms with van der Waals surface area (Å²) in [6, 6.07) is 0.0460. The summed E-state index contributed by atoms with van der Waals surface area (Å²) >= 11 is 5.05. The van der Waals surface area contributed by atoms with E-state index in [-0.39, 0.29) is 18.0 Å². The van der Waals surface area contributed by atoms with Crippen LogP contribution in [0.5, 0.6) is 0 Å². The van der Waals surface area contributed by atoms with Crippen LogP contribution >= 0.6 is 12.2 Å². The molecule has 128 valence electrons. The number of rotatable bonds is 2. The van der Waals surface area contributed by atoms with Crippen molar-refractivity contribution in [2.45, 2.75) is 45.3 Å². The van der Waals surface area contributed by atoms with E-state index in [0.29, 0.717) is 36.4 Å². The zero-order valence-corrected chi connectivity index (χ0v) is 14.8. The average molecular weight is 340 g/mol. The molecular weight excluding hydrogens is 316 g/mol. The number of aromatic nitrogens is 2. The molecule has 0 aromatic carbocycles. The molecule has 0 bridgehead atoms. The molecule has 0 atom stereocenters. The number of hydrogen-bond donors (Lipinski definition) is 2. The number of imidazole rings is 1. The van der Waals surface area contributed by atoms with Gasteiger partial charge in [-0.05, 0) is 45.8 Å². The molecule has 0 radical (unpaired) electrons. The Morgan fingerprint density at radius 3 is 2.43 bits per heavy atom. The van der Waals surface area contributed by atoms with Crippen molar-refractivity contribution >= 4 is 24.2 Å². The normalized spacial score (nSPS) is 16.3. The molecule has 0 spiro atoms. The van der Waals surface area contributed by atoms with Crippen molar-refractivity contribution in [2.24, 2.45) is 7.05 Å². The van der Waals surface area contributed by atoms with Crippen LogP contribution in [-0.2, 0) is 11.8 Å². The summed E-state index contributed by atoms with van der Waals surface area (Å²) in [5.74, 6) is -0.157. The molecule has 2 N–H and O–H groups in total. The van der Waals surface area contributed by atoms with Crippen LogP contribution in [0.4, 0.5) is 4.79 Å². The molecular formula is C15H24N4O3S. The van der Waals surface area contributed by atoms with E-state index in [2.05, 4.69) is 10.3 Å². The van der Waals surface area contributed by atoms with Gasteiger partial charge in [-0.2, -0.15) is 0 Å². The molecule has 1 saturated heterocycles. The van der Waals surface area contributed by atoms with Gasteiger partial charge in [0.15, 0.2) is 4.77 Å². The second-order valence-electron chi connectivity index (χ2n) is 6.75. The molecule has 23 heavy (non-hydrogen) atoms. The molecule has 2 rings (SSSR count). The highest BCUT2D eigenvalue weighted by atomic mass is 32.1. The quantitative estimate of drug-likeness (QED) is 0.809. The number of ether oxygens (including phenoxy) is 1. The van der Waals surface area contributed by atoms with Crippen molar-refractivity contribution in [3.63, 3.8) is 0 Å². The van der Waals surface area contributed by atoms with E-state index in [1.807, 2.05) is 20.8 Å². The van der Waals surface area contributed by atoms with E-state index in [1.165, 1.54) is 0 Å². The van der Waals surface area contributed by atoms with Crippen LogP contribution in [0.1, 0.15) is 44.1 Å². The van der Waals surface area contributed by atoms with Crippen molar-refractivity contribution < 1.29 is 14.3 Å². The molecule has 8 heteroatoms. The van der Waals surface area contributed by atoms with Gasteiger partial charge in [0, 0.05) is 32.4 Å². The van der Waals surface area contributed by atoms with Crippen molar-refractivity contribution in [3.8, 4) is 0 Å². The number of likely N-dealkylation sites (tertiary alicyclic amines) is 1. The van der Waals surface area contributed by atoms with Gasteiger partial charge in [-0.15, -0.1) is 0 Å². The zero-order chi connectivity index (χ0) is 17.2. The Labute approximate surface area is 141 Å². The summed E-state index contributed by atoms with van der Waals surface area (Å²) in [5.41, 5.74) is 0.0113. The highest BCUT2D eigenvalue weighted by Gasteiger charge is 2.27. The molecule has 1 aliphatic rings. The van der Waals surface area contributed by atoms with Gasteiger partial charge in [-0.3, -0.25) is 4.79 Å². The molecule has 1 fully saturated rings. The number of piperidine rings is 1. The lowest BCUT2D eigenvalue weighted by Crippen LogP contribution is -2.48. The standard InChI is InChI=1S/C15H24N4O3S/c1-15(2,3)22-14(21)19-7-5-10(6-8-19)17-12(20)11-9-16-13(23)18(11)4/h9-10H,5-8H2,1-4H3,(H,16,23)(H,17,20). The Morgan fingerprint density at radius 1 is 1.35 bits per heavy atom. The third kappa shape index (κ3) is 4.57. The monoisotopic (exact) mass is 340 g/mol. The minimum atomic E-state index is -0.493. The van der Waals surface area contributed by atoms with Gasteiger partial charge in [0.05, 0.1) is 0 Å². The molecule has 1 aliphatic heterocycles. The first-order valence-corrected chi connectivity index (χ1v) is 8.11. The zero-order valence-electron chi connectivity index (χ0n) is 14.0. The maximum absolute atomic E-state index is 12.2. The number of H-pyrrole nitrogens is 1. The van der Waals surface area contributed by atoms with Crippen LogP contribution in [0, 0.1) is 4.77 Å². The maximum Gasteiger partial charge on any atom is 0.410 e. The average Bonchev–Trinajstić information content (AvgIpc) is 2.78. The second-order valence-corrected chi connectivity index (χ2v) is 7.14. The first kappa shape index (κ1) is 17.5. The third-order valence-electron chi connectivity index (χ3n) is 3.71. The fourth-order valence-corrected chi connectivity index (χ4v) is 2.60. The summed E-state index contributed by atoms with van der Waals surface area (Å²) in [6.07, 6.45) is 2.72. The van der Waals surface area contributed by atoms with Crippen molar-refractivity contribution in [1.29, 1.82) is 0 Å². The second kappa shape index (κ2) is 6.74. The van der Waals surface area contributed by atoms with Crippen molar-refractivity contribution in [2.75, 3.05) is 13.1 Å². The lowest BCUT2D eigenvalue weighted by Gasteiger charge is -2.33. The smallest absolute Gasteiger partial charge is 0.410 e. The number of carbonyl (C=O) groups is 2. The van der Waals surface area contributed by atoms with Crippen LogP contribution < -0.4 is 5.32 Å². The van der Waals surface area contributed by atoms with Crippen LogP contribution in [0.3, 0.4) is 0 Å². The predicted octanol–water partition coefficient (Wildman–Crippen LogP) is 2.21. The number of nitrogens with zero attached hydrogens (tertiary/aromatic N) is 2. The number of amides is 2. The SMILES string of the molecule is Cn1c(C(=O)NC2CCN(C(=O)OC(C)(C)C)CC2)c[nH]c1=S. The van der Waals surface area contributed by atoms with Crippen molar-refractivity contribution in [1.82, 2.24) is 19.8 Å². The van der Waals surface area contributed by atoms with Gasteiger partial charge < -0.3 is 24.5 Å². The van der Waals surface area contributed by atoms with Gasteiger partial charge in [0.25, 0.3) is 5.91 Å². The van der Waals surface area contributed by atoms with E-state index in [0.717, 1.165) is 0 Å². The molecule has 1 aromatic rings. The fourth-order valence-electron chi connectivity index (χ4n) is 2.44. The molecule has 2 amide bonds. The highest BCUT2D eigenvalue weighted by molar-refractivity contribution is 7.71. The van der Waals surface area contributed by atoms with E-state index in [1.54, 1.807) is 22.7 Å².